The fourth-order valence-corrected chi connectivity index (χ4v) is 1.45. The van der Waals surface area contributed by atoms with Crippen molar-refractivity contribution in [1.82, 2.24) is 0 Å². The predicted octanol–water partition coefficient (Wildman–Crippen LogP) is 3.46. The molecule has 16 heavy (non-hydrogen) atoms. The number of nitrogens with one attached hydrogen (secondary N) is 1. The topological polar surface area (TPSA) is 38.0 Å². The van der Waals surface area contributed by atoms with Gasteiger partial charge in [-0.3, -0.25) is 0 Å². The lowest BCUT2D eigenvalue weighted by Crippen LogP contribution is -1.94. The predicted molar refractivity (Wildman–Crippen MR) is 65.3 cm³/mol. The Bertz CT molecular complexity index is 509. The fraction of sp³-hybridized carbons (Fsp3) is 0.0769. The molecule has 0 saturated carbocycles. The Balaban J connectivity index is 2.24. The van der Waals surface area contributed by atoms with E-state index in [9.17, 15) is 4.39 Å². The SMILES string of the molecule is Cc1ccc(Nc2cccc(F)c2)cc1N. The minimum atomic E-state index is -0.259. The van der Waals surface area contributed by atoms with Crippen molar-refractivity contribution in [2.75, 3.05) is 11.1 Å². The summed E-state index contributed by atoms with van der Waals surface area (Å²) < 4.78 is 12.9. The fourth-order valence-electron chi connectivity index (χ4n) is 1.45. The van der Waals surface area contributed by atoms with Crippen molar-refractivity contribution in [3.05, 3.63) is 53.8 Å². The Morgan fingerprint density at radius 2 is 1.81 bits per heavy atom. The van der Waals surface area contributed by atoms with Gasteiger partial charge < -0.3 is 11.1 Å². The minimum absolute atomic E-state index is 0.259. The minimum Gasteiger partial charge on any atom is -0.398 e. The van der Waals surface area contributed by atoms with Crippen LogP contribution in [0.25, 0.3) is 0 Å². The Morgan fingerprint density at radius 1 is 1.06 bits per heavy atom. The van der Waals surface area contributed by atoms with Crippen molar-refractivity contribution in [3.63, 3.8) is 0 Å². The number of benzene rings is 2. The molecule has 2 nitrogen and oxygen atoms in total. The van der Waals surface area contributed by atoms with Crippen molar-refractivity contribution in [2.24, 2.45) is 0 Å². The van der Waals surface area contributed by atoms with Gasteiger partial charge in [-0.2, -0.15) is 0 Å². The van der Waals surface area contributed by atoms with Crippen LogP contribution < -0.4 is 11.1 Å². The average Bonchev–Trinajstić information content (AvgIpc) is 2.24. The molecule has 0 aromatic heterocycles. The lowest BCUT2D eigenvalue weighted by molar-refractivity contribution is 0.628. The second-order valence-electron chi connectivity index (χ2n) is 3.71. The highest BCUT2D eigenvalue weighted by Crippen LogP contribution is 2.21. The molecule has 0 bridgehead atoms. The lowest BCUT2D eigenvalue weighted by atomic mass is 10.2. The Kier molecular flexibility index (Phi) is 2.77. The van der Waals surface area contributed by atoms with Crippen LogP contribution in [0.15, 0.2) is 42.5 Å². The van der Waals surface area contributed by atoms with Gasteiger partial charge in [0.25, 0.3) is 0 Å². The van der Waals surface area contributed by atoms with E-state index in [-0.39, 0.29) is 5.82 Å². The zero-order chi connectivity index (χ0) is 11.5. The number of anilines is 3. The van der Waals surface area contributed by atoms with Gasteiger partial charge in [-0.1, -0.05) is 12.1 Å². The van der Waals surface area contributed by atoms with Gasteiger partial charge in [0, 0.05) is 17.1 Å². The van der Waals surface area contributed by atoms with E-state index in [0.717, 1.165) is 16.9 Å². The van der Waals surface area contributed by atoms with E-state index in [2.05, 4.69) is 5.32 Å². The molecule has 0 amide bonds. The molecule has 0 radical (unpaired) electrons. The van der Waals surface area contributed by atoms with Gasteiger partial charge in [0.1, 0.15) is 5.82 Å². The van der Waals surface area contributed by atoms with E-state index in [1.807, 2.05) is 25.1 Å². The van der Waals surface area contributed by atoms with Crippen LogP contribution in [0.5, 0.6) is 0 Å². The molecule has 82 valence electrons. The standard InChI is InChI=1S/C13H13FN2/c1-9-5-6-12(8-13(9)15)16-11-4-2-3-10(14)7-11/h2-8,16H,15H2,1H3. The van der Waals surface area contributed by atoms with Gasteiger partial charge >= 0.3 is 0 Å². The molecule has 3 N–H and O–H groups in total. The molecule has 0 heterocycles. The monoisotopic (exact) mass is 216 g/mol. The normalized spacial score (nSPS) is 10.1. The van der Waals surface area contributed by atoms with Crippen LogP contribution in [0, 0.1) is 12.7 Å². The second kappa shape index (κ2) is 4.23. The van der Waals surface area contributed by atoms with Crippen LogP contribution in [-0.2, 0) is 0 Å². The Hall–Kier alpha value is -2.03. The maximum absolute atomic E-state index is 12.9. The number of aryl methyl sites for hydroxylation is 1. The summed E-state index contributed by atoms with van der Waals surface area (Å²) in [6.07, 6.45) is 0. The maximum Gasteiger partial charge on any atom is 0.125 e. The Morgan fingerprint density at radius 3 is 2.50 bits per heavy atom. The van der Waals surface area contributed by atoms with Crippen molar-refractivity contribution >= 4 is 17.1 Å². The summed E-state index contributed by atoms with van der Waals surface area (Å²) in [4.78, 5) is 0. The number of rotatable bonds is 2. The first-order chi connectivity index (χ1) is 7.65. The molecule has 2 aromatic rings. The molecule has 0 aliphatic heterocycles. The van der Waals surface area contributed by atoms with E-state index in [0.29, 0.717) is 5.69 Å². The van der Waals surface area contributed by atoms with Crippen LogP contribution in [0.4, 0.5) is 21.5 Å². The van der Waals surface area contributed by atoms with Crippen LogP contribution in [-0.4, -0.2) is 0 Å². The quantitative estimate of drug-likeness (QED) is 0.754. The number of hydrogen-bond acceptors (Lipinski definition) is 2. The first-order valence-electron chi connectivity index (χ1n) is 5.04. The van der Waals surface area contributed by atoms with Gasteiger partial charge in [-0.25, -0.2) is 4.39 Å². The van der Waals surface area contributed by atoms with Crippen molar-refractivity contribution in [1.29, 1.82) is 0 Å². The molecule has 0 spiro atoms. The zero-order valence-corrected chi connectivity index (χ0v) is 9.00. The highest BCUT2D eigenvalue weighted by molar-refractivity contribution is 5.65. The third kappa shape index (κ3) is 2.31. The summed E-state index contributed by atoms with van der Waals surface area (Å²) in [5.41, 5.74) is 9.11. The number of halogens is 1. The van der Waals surface area contributed by atoms with Gasteiger partial charge in [0.2, 0.25) is 0 Å². The molecule has 0 atom stereocenters. The molecule has 0 unspecified atom stereocenters. The van der Waals surface area contributed by atoms with Crippen molar-refractivity contribution in [2.45, 2.75) is 6.92 Å². The third-order valence-corrected chi connectivity index (χ3v) is 2.39. The van der Waals surface area contributed by atoms with Crippen LogP contribution in [0.3, 0.4) is 0 Å². The Labute approximate surface area is 93.9 Å². The molecule has 0 saturated heterocycles. The summed E-state index contributed by atoms with van der Waals surface area (Å²) in [6, 6.07) is 12.0. The summed E-state index contributed by atoms with van der Waals surface area (Å²) in [5, 5.41) is 3.09. The van der Waals surface area contributed by atoms with Crippen LogP contribution >= 0.6 is 0 Å². The molecule has 2 rings (SSSR count). The highest BCUT2D eigenvalue weighted by Gasteiger charge is 1.98. The highest BCUT2D eigenvalue weighted by atomic mass is 19.1. The van der Waals surface area contributed by atoms with Gasteiger partial charge in [-0.05, 0) is 42.8 Å². The summed E-state index contributed by atoms with van der Waals surface area (Å²) in [7, 11) is 0. The molecular weight excluding hydrogens is 203 g/mol. The number of nitrogens with two attached hydrogens (primary N) is 1. The first kappa shape index (κ1) is 10.5. The largest absolute Gasteiger partial charge is 0.398 e. The average molecular weight is 216 g/mol. The van der Waals surface area contributed by atoms with Gasteiger partial charge in [0.05, 0.1) is 0 Å². The molecule has 3 heteroatoms. The van der Waals surface area contributed by atoms with E-state index in [1.165, 1.54) is 12.1 Å². The van der Waals surface area contributed by atoms with E-state index < -0.39 is 0 Å². The van der Waals surface area contributed by atoms with E-state index >= 15 is 0 Å². The summed E-state index contributed by atoms with van der Waals surface area (Å²) in [5.74, 6) is -0.259. The molecule has 0 aliphatic carbocycles. The van der Waals surface area contributed by atoms with E-state index in [1.54, 1.807) is 12.1 Å². The first-order valence-corrected chi connectivity index (χ1v) is 5.04. The maximum atomic E-state index is 12.9. The second-order valence-corrected chi connectivity index (χ2v) is 3.71. The van der Waals surface area contributed by atoms with Crippen molar-refractivity contribution in [3.8, 4) is 0 Å². The lowest BCUT2D eigenvalue weighted by Gasteiger charge is -2.08. The summed E-state index contributed by atoms with van der Waals surface area (Å²) >= 11 is 0. The van der Waals surface area contributed by atoms with Crippen LogP contribution in [0.1, 0.15) is 5.56 Å². The number of nitrogen functional groups attached to an aromatic ring is 1. The third-order valence-electron chi connectivity index (χ3n) is 2.39. The smallest absolute Gasteiger partial charge is 0.125 e. The molecular formula is C13H13FN2. The molecule has 0 aliphatic rings. The summed E-state index contributed by atoms with van der Waals surface area (Å²) in [6.45, 7) is 1.95. The van der Waals surface area contributed by atoms with Gasteiger partial charge in [-0.15, -0.1) is 0 Å². The van der Waals surface area contributed by atoms with Crippen molar-refractivity contribution < 1.29 is 4.39 Å². The van der Waals surface area contributed by atoms with Crippen LogP contribution in [0.2, 0.25) is 0 Å². The zero-order valence-electron chi connectivity index (χ0n) is 9.00. The van der Waals surface area contributed by atoms with Gasteiger partial charge in [0.15, 0.2) is 0 Å². The number of hydrogen-bond donors (Lipinski definition) is 2. The molecule has 2 aromatic carbocycles. The van der Waals surface area contributed by atoms with E-state index in [4.69, 9.17) is 5.73 Å². The molecule has 0 fully saturated rings.